The van der Waals surface area contributed by atoms with E-state index >= 15 is 0 Å². The van der Waals surface area contributed by atoms with Gasteiger partial charge in [0.05, 0.1) is 11.9 Å². The number of hydrogen-bond donors (Lipinski definition) is 0. The zero-order chi connectivity index (χ0) is 17.3. The molecule has 0 spiro atoms. The highest BCUT2D eigenvalue weighted by atomic mass is 16.3. The van der Waals surface area contributed by atoms with Gasteiger partial charge in [0.15, 0.2) is 5.69 Å². The molecule has 1 amide bonds. The maximum absolute atomic E-state index is 12.9. The van der Waals surface area contributed by atoms with Crippen LogP contribution in [0.5, 0.6) is 0 Å². The van der Waals surface area contributed by atoms with Crippen molar-refractivity contribution in [1.82, 2.24) is 14.7 Å². The summed E-state index contributed by atoms with van der Waals surface area (Å²) in [5.41, 5.74) is 0.0896. The lowest BCUT2D eigenvalue weighted by Crippen LogP contribution is -2.31. The number of carbonyl (C=O) groups is 1. The molecule has 3 aromatic rings. The lowest BCUT2D eigenvalue weighted by molar-refractivity contribution is 0.0768. The minimum atomic E-state index is -0.248. The zero-order valence-electron chi connectivity index (χ0n) is 13.9. The molecule has 24 heavy (non-hydrogen) atoms. The van der Waals surface area contributed by atoms with Crippen LogP contribution in [0.25, 0.3) is 10.8 Å². The summed E-state index contributed by atoms with van der Waals surface area (Å²) in [5, 5.41) is 5.34. The molecule has 0 aliphatic rings. The van der Waals surface area contributed by atoms with Crippen molar-refractivity contribution in [2.45, 2.75) is 26.9 Å². The SMILES string of the molecule is CCn1nc(C(=O)N(C)Cc2ccc(C)o2)c2ccccc2c1=O. The van der Waals surface area contributed by atoms with Crippen LogP contribution in [0.1, 0.15) is 28.9 Å². The van der Waals surface area contributed by atoms with Crippen molar-refractivity contribution in [3.8, 4) is 0 Å². The molecule has 1 aromatic carbocycles. The molecule has 0 radical (unpaired) electrons. The summed E-state index contributed by atoms with van der Waals surface area (Å²) in [6.07, 6.45) is 0. The molecule has 0 bridgehead atoms. The largest absolute Gasteiger partial charge is 0.464 e. The Morgan fingerprint density at radius 1 is 1.21 bits per heavy atom. The average Bonchev–Trinajstić information content (AvgIpc) is 2.99. The maximum Gasteiger partial charge on any atom is 0.275 e. The highest BCUT2D eigenvalue weighted by Crippen LogP contribution is 2.16. The predicted octanol–water partition coefficient (Wildman–Crippen LogP) is 2.59. The Labute approximate surface area is 139 Å². The smallest absolute Gasteiger partial charge is 0.275 e. The second-order valence-corrected chi connectivity index (χ2v) is 5.69. The molecular weight excluding hydrogens is 306 g/mol. The lowest BCUT2D eigenvalue weighted by Gasteiger charge is -2.17. The Kier molecular flexibility index (Phi) is 4.20. The van der Waals surface area contributed by atoms with Gasteiger partial charge in [-0.25, -0.2) is 4.68 Å². The van der Waals surface area contributed by atoms with Gasteiger partial charge in [0, 0.05) is 19.0 Å². The van der Waals surface area contributed by atoms with Gasteiger partial charge in [-0.2, -0.15) is 5.10 Å². The van der Waals surface area contributed by atoms with E-state index in [1.54, 1.807) is 31.3 Å². The molecule has 0 atom stereocenters. The van der Waals surface area contributed by atoms with E-state index in [0.717, 1.165) is 5.76 Å². The number of benzene rings is 1. The van der Waals surface area contributed by atoms with Crippen molar-refractivity contribution in [2.24, 2.45) is 0 Å². The van der Waals surface area contributed by atoms with E-state index in [1.165, 1.54) is 9.58 Å². The summed E-state index contributed by atoms with van der Waals surface area (Å²) in [7, 11) is 1.69. The molecule has 0 unspecified atom stereocenters. The molecular formula is C18H19N3O3. The third-order valence-electron chi connectivity index (χ3n) is 3.91. The van der Waals surface area contributed by atoms with Crippen LogP contribution in [-0.2, 0) is 13.1 Å². The second kappa shape index (κ2) is 6.31. The summed E-state index contributed by atoms with van der Waals surface area (Å²) in [6.45, 7) is 4.43. The maximum atomic E-state index is 12.9. The minimum absolute atomic E-state index is 0.186. The quantitative estimate of drug-likeness (QED) is 0.739. The van der Waals surface area contributed by atoms with E-state index < -0.39 is 0 Å². The van der Waals surface area contributed by atoms with Gasteiger partial charge in [-0.15, -0.1) is 0 Å². The monoisotopic (exact) mass is 325 g/mol. The summed E-state index contributed by atoms with van der Waals surface area (Å²) >= 11 is 0. The standard InChI is InChI=1S/C18H19N3O3/c1-4-21-17(22)15-8-6-5-7-14(15)16(19-21)18(23)20(3)11-13-10-9-12(2)24-13/h5-10H,4,11H2,1-3H3. The molecule has 124 valence electrons. The van der Waals surface area contributed by atoms with Crippen LogP contribution in [0.4, 0.5) is 0 Å². The number of fused-ring (bicyclic) bond motifs is 1. The van der Waals surface area contributed by atoms with Gasteiger partial charge in [0.1, 0.15) is 11.5 Å². The average molecular weight is 325 g/mol. The first-order valence-corrected chi connectivity index (χ1v) is 7.82. The van der Waals surface area contributed by atoms with Crippen molar-refractivity contribution < 1.29 is 9.21 Å². The molecule has 0 saturated heterocycles. The van der Waals surface area contributed by atoms with Crippen molar-refractivity contribution in [3.05, 3.63) is 64.0 Å². The molecule has 0 fully saturated rings. The van der Waals surface area contributed by atoms with Crippen LogP contribution in [-0.4, -0.2) is 27.6 Å². The van der Waals surface area contributed by atoms with Gasteiger partial charge in [-0.3, -0.25) is 9.59 Å². The van der Waals surface area contributed by atoms with Crippen molar-refractivity contribution in [3.63, 3.8) is 0 Å². The molecule has 2 heterocycles. The van der Waals surface area contributed by atoms with Gasteiger partial charge < -0.3 is 9.32 Å². The van der Waals surface area contributed by atoms with Gasteiger partial charge in [0.25, 0.3) is 11.5 Å². The molecule has 0 aliphatic carbocycles. The molecule has 6 nitrogen and oxygen atoms in total. The molecule has 0 aliphatic heterocycles. The Bertz CT molecular complexity index is 956. The second-order valence-electron chi connectivity index (χ2n) is 5.69. The Morgan fingerprint density at radius 2 is 1.92 bits per heavy atom. The van der Waals surface area contributed by atoms with Crippen LogP contribution >= 0.6 is 0 Å². The normalized spacial score (nSPS) is 11.0. The van der Waals surface area contributed by atoms with Crippen LogP contribution in [0.15, 0.2) is 45.6 Å². The molecule has 2 aromatic heterocycles. The van der Waals surface area contributed by atoms with E-state index in [0.29, 0.717) is 29.6 Å². The topological polar surface area (TPSA) is 68.3 Å². The van der Waals surface area contributed by atoms with E-state index in [2.05, 4.69) is 5.10 Å². The summed E-state index contributed by atoms with van der Waals surface area (Å²) in [6, 6.07) is 10.8. The van der Waals surface area contributed by atoms with Crippen LogP contribution in [0.3, 0.4) is 0 Å². The van der Waals surface area contributed by atoms with Crippen LogP contribution in [0, 0.1) is 6.92 Å². The molecule has 6 heteroatoms. The van der Waals surface area contributed by atoms with Crippen LogP contribution in [0.2, 0.25) is 0 Å². The number of carbonyl (C=O) groups excluding carboxylic acids is 1. The lowest BCUT2D eigenvalue weighted by atomic mass is 10.1. The summed E-state index contributed by atoms with van der Waals surface area (Å²) in [4.78, 5) is 26.8. The highest BCUT2D eigenvalue weighted by molar-refractivity contribution is 6.04. The minimum Gasteiger partial charge on any atom is -0.464 e. The summed E-state index contributed by atoms with van der Waals surface area (Å²) < 4.78 is 6.84. The number of nitrogens with zero attached hydrogens (tertiary/aromatic N) is 3. The van der Waals surface area contributed by atoms with Gasteiger partial charge in [-0.05, 0) is 32.0 Å². The van der Waals surface area contributed by atoms with Gasteiger partial charge in [0.2, 0.25) is 0 Å². The number of aryl methyl sites for hydroxylation is 2. The van der Waals surface area contributed by atoms with E-state index in [-0.39, 0.29) is 17.2 Å². The molecule has 0 saturated carbocycles. The number of amides is 1. The molecule has 0 N–H and O–H groups in total. The first kappa shape index (κ1) is 16.0. The first-order chi connectivity index (χ1) is 11.5. The third kappa shape index (κ3) is 2.82. The van der Waals surface area contributed by atoms with E-state index in [4.69, 9.17) is 4.42 Å². The number of aromatic nitrogens is 2. The van der Waals surface area contributed by atoms with Crippen molar-refractivity contribution in [1.29, 1.82) is 0 Å². The van der Waals surface area contributed by atoms with Gasteiger partial charge >= 0.3 is 0 Å². The van der Waals surface area contributed by atoms with Crippen LogP contribution < -0.4 is 5.56 Å². The Hall–Kier alpha value is -2.89. The van der Waals surface area contributed by atoms with E-state index in [1.807, 2.05) is 26.0 Å². The third-order valence-corrected chi connectivity index (χ3v) is 3.91. The van der Waals surface area contributed by atoms with Gasteiger partial charge in [-0.1, -0.05) is 18.2 Å². The number of hydrogen-bond acceptors (Lipinski definition) is 4. The Balaban J connectivity index is 2.03. The fraction of sp³-hybridized carbons (Fsp3) is 0.278. The fourth-order valence-corrected chi connectivity index (χ4v) is 2.66. The number of furan rings is 1. The van der Waals surface area contributed by atoms with E-state index in [9.17, 15) is 9.59 Å². The first-order valence-electron chi connectivity index (χ1n) is 7.82. The van der Waals surface area contributed by atoms with Crippen molar-refractivity contribution in [2.75, 3.05) is 7.05 Å². The highest BCUT2D eigenvalue weighted by Gasteiger charge is 2.20. The Morgan fingerprint density at radius 3 is 2.54 bits per heavy atom. The summed E-state index contributed by atoms with van der Waals surface area (Å²) in [5.74, 6) is 1.26. The number of rotatable bonds is 4. The van der Waals surface area contributed by atoms with Crippen molar-refractivity contribution >= 4 is 16.7 Å². The predicted molar refractivity (Wildman–Crippen MR) is 90.9 cm³/mol. The zero-order valence-corrected chi connectivity index (χ0v) is 13.9. The fourth-order valence-electron chi connectivity index (χ4n) is 2.66. The molecule has 3 rings (SSSR count).